The van der Waals surface area contributed by atoms with Gasteiger partial charge in [0.15, 0.2) is 0 Å². The number of hydrogen-bond acceptors (Lipinski definition) is 1. The molecule has 0 aliphatic heterocycles. The lowest BCUT2D eigenvalue weighted by Gasteiger charge is -2.20. The highest BCUT2D eigenvalue weighted by atomic mass is 35.5. The molecule has 0 heterocycles. The molecule has 0 aromatic heterocycles. The Bertz CT molecular complexity index is 350. The molecule has 0 bridgehead atoms. The predicted octanol–water partition coefficient (Wildman–Crippen LogP) is 4.03. The van der Waals surface area contributed by atoms with Crippen molar-refractivity contribution in [3.8, 4) is 0 Å². The highest BCUT2D eigenvalue weighted by Gasteiger charge is 2.20. The van der Waals surface area contributed by atoms with Crippen molar-refractivity contribution in [3.05, 3.63) is 34.9 Å². The molecule has 1 aromatic carbocycles. The van der Waals surface area contributed by atoms with Crippen molar-refractivity contribution in [2.75, 3.05) is 0 Å². The molecular weight excluding hydrogens is 220 g/mol. The normalized spacial score (nSPS) is 17.3. The average Bonchev–Trinajstić information content (AvgIpc) is 2.33. The van der Waals surface area contributed by atoms with Crippen molar-refractivity contribution in [3.63, 3.8) is 0 Å². The van der Waals surface area contributed by atoms with Crippen molar-refractivity contribution < 1.29 is 4.79 Å². The number of rotatable bonds is 3. The first kappa shape index (κ1) is 11.7. The molecule has 86 valence electrons. The highest BCUT2D eigenvalue weighted by molar-refractivity contribution is 6.30. The number of carbonyl (C=O) groups is 1. The quantitative estimate of drug-likeness (QED) is 0.775. The molecule has 2 heteroatoms. The molecule has 16 heavy (non-hydrogen) atoms. The lowest BCUT2D eigenvalue weighted by atomic mass is 9.84. The zero-order chi connectivity index (χ0) is 11.4. The first-order valence-electron chi connectivity index (χ1n) is 6.03. The van der Waals surface area contributed by atoms with E-state index in [9.17, 15) is 4.79 Å². The summed E-state index contributed by atoms with van der Waals surface area (Å²) in [6.45, 7) is 0. The Morgan fingerprint density at radius 1 is 1.12 bits per heavy atom. The van der Waals surface area contributed by atoms with Crippen LogP contribution in [0.3, 0.4) is 0 Å². The number of ketones is 1. The van der Waals surface area contributed by atoms with Crippen LogP contribution in [0.25, 0.3) is 0 Å². The third-order valence-electron chi connectivity index (χ3n) is 3.35. The van der Waals surface area contributed by atoms with Gasteiger partial charge in [-0.1, -0.05) is 43.0 Å². The van der Waals surface area contributed by atoms with Gasteiger partial charge in [-0.05, 0) is 30.5 Å². The molecule has 1 fully saturated rings. The Morgan fingerprint density at radius 3 is 2.38 bits per heavy atom. The summed E-state index contributed by atoms with van der Waals surface area (Å²) in [5.74, 6) is 0.714. The van der Waals surface area contributed by atoms with Crippen molar-refractivity contribution >= 4 is 17.4 Å². The molecule has 0 spiro atoms. The van der Waals surface area contributed by atoms with Crippen LogP contribution in [0.2, 0.25) is 5.02 Å². The van der Waals surface area contributed by atoms with E-state index in [0.29, 0.717) is 18.1 Å². The fraction of sp³-hybridized carbons (Fsp3) is 0.500. The third kappa shape index (κ3) is 3.08. The molecule has 0 N–H and O–H groups in total. The number of halogens is 1. The zero-order valence-corrected chi connectivity index (χ0v) is 10.2. The van der Waals surface area contributed by atoms with E-state index in [1.807, 2.05) is 24.3 Å². The maximum absolute atomic E-state index is 12.0. The molecule has 0 saturated heterocycles. The van der Waals surface area contributed by atoms with Crippen LogP contribution in [0.5, 0.6) is 0 Å². The smallest absolute Gasteiger partial charge is 0.140 e. The number of benzene rings is 1. The van der Waals surface area contributed by atoms with E-state index in [1.54, 1.807) is 0 Å². The summed E-state index contributed by atoms with van der Waals surface area (Å²) in [5, 5.41) is 0.730. The Kier molecular flexibility index (Phi) is 4.00. The second kappa shape index (κ2) is 5.49. The van der Waals surface area contributed by atoms with E-state index in [-0.39, 0.29) is 0 Å². The van der Waals surface area contributed by atoms with Gasteiger partial charge in [0.1, 0.15) is 5.78 Å². The van der Waals surface area contributed by atoms with Gasteiger partial charge in [-0.25, -0.2) is 0 Å². The van der Waals surface area contributed by atoms with Gasteiger partial charge in [-0.2, -0.15) is 0 Å². The zero-order valence-electron chi connectivity index (χ0n) is 9.42. The number of carbonyl (C=O) groups excluding carboxylic acids is 1. The minimum absolute atomic E-state index is 0.310. The molecule has 0 unspecified atom stereocenters. The minimum atomic E-state index is 0.310. The molecule has 1 saturated carbocycles. The van der Waals surface area contributed by atoms with Gasteiger partial charge in [0.2, 0.25) is 0 Å². The van der Waals surface area contributed by atoms with E-state index >= 15 is 0 Å². The largest absolute Gasteiger partial charge is 0.299 e. The van der Waals surface area contributed by atoms with Crippen molar-refractivity contribution in [2.24, 2.45) is 5.92 Å². The van der Waals surface area contributed by atoms with Gasteiger partial charge in [-0.15, -0.1) is 0 Å². The molecular formula is C14H17ClO. The molecule has 1 nitrogen and oxygen atoms in total. The van der Waals surface area contributed by atoms with Crippen LogP contribution >= 0.6 is 11.6 Å². The fourth-order valence-electron chi connectivity index (χ4n) is 2.37. The third-order valence-corrected chi connectivity index (χ3v) is 3.60. The Labute approximate surface area is 102 Å². The summed E-state index contributed by atoms with van der Waals surface area (Å²) in [4.78, 5) is 12.0. The second-order valence-corrected chi connectivity index (χ2v) is 5.04. The van der Waals surface area contributed by atoms with Crippen molar-refractivity contribution in [1.29, 1.82) is 0 Å². The van der Waals surface area contributed by atoms with Crippen LogP contribution in [-0.4, -0.2) is 5.78 Å². The van der Waals surface area contributed by atoms with Gasteiger partial charge in [0.25, 0.3) is 0 Å². The maximum Gasteiger partial charge on any atom is 0.140 e. The molecule has 2 rings (SSSR count). The van der Waals surface area contributed by atoms with Gasteiger partial charge in [0, 0.05) is 17.4 Å². The Balaban J connectivity index is 1.93. The molecule has 1 aliphatic carbocycles. The summed E-state index contributed by atoms with van der Waals surface area (Å²) in [5.41, 5.74) is 1.08. The van der Waals surface area contributed by atoms with Crippen LogP contribution < -0.4 is 0 Å². The molecule has 1 aliphatic rings. The average molecular weight is 237 g/mol. The summed E-state index contributed by atoms with van der Waals surface area (Å²) in [7, 11) is 0. The Morgan fingerprint density at radius 2 is 1.75 bits per heavy atom. The summed E-state index contributed by atoms with van der Waals surface area (Å²) < 4.78 is 0. The Hall–Kier alpha value is -0.820. The van der Waals surface area contributed by atoms with E-state index in [1.165, 1.54) is 19.3 Å². The maximum atomic E-state index is 12.0. The minimum Gasteiger partial charge on any atom is -0.299 e. The standard InChI is InChI=1S/C14H17ClO/c15-13-8-6-11(7-9-13)10-14(16)12-4-2-1-3-5-12/h6-9,12H,1-5,10H2. The van der Waals surface area contributed by atoms with Crippen molar-refractivity contribution in [2.45, 2.75) is 38.5 Å². The van der Waals surface area contributed by atoms with Gasteiger partial charge in [-0.3, -0.25) is 4.79 Å². The van der Waals surface area contributed by atoms with E-state index in [4.69, 9.17) is 11.6 Å². The van der Waals surface area contributed by atoms with Crippen LogP contribution in [0.15, 0.2) is 24.3 Å². The first-order valence-corrected chi connectivity index (χ1v) is 6.40. The van der Waals surface area contributed by atoms with Crippen molar-refractivity contribution in [1.82, 2.24) is 0 Å². The van der Waals surface area contributed by atoms with Crippen LogP contribution in [0, 0.1) is 5.92 Å². The highest BCUT2D eigenvalue weighted by Crippen LogP contribution is 2.25. The monoisotopic (exact) mass is 236 g/mol. The topological polar surface area (TPSA) is 17.1 Å². The second-order valence-electron chi connectivity index (χ2n) is 4.60. The van der Waals surface area contributed by atoms with E-state index < -0.39 is 0 Å². The van der Waals surface area contributed by atoms with Gasteiger partial charge >= 0.3 is 0 Å². The lowest BCUT2D eigenvalue weighted by Crippen LogP contribution is -2.19. The lowest BCUT2D eigenvalue weighted by molar-refractivity contribution is -0.123. The predicted molar refractivity (Wildman–Crippen MR) is 66.7 cm³/mol. The van der Waals surface area contributed by atoms with E-state index in [2.05, 4.69) is 0 Å². The van der Waals surface area contributed by atoms with Crippen LogP contribution in [0.4, 0.5) is 0 Å². The number of Topliss-reactive ketones (excluding diaryl/α,β-unsaturated/α-hetero) is 1. The summed E-state index contributed by atoms with van der Waals surface area (Å²) >= 11 is 5.81. The SMILES string of the molecule is O=C(Cc1ccc(Cl)cc1)C1CCCCC1. The van der Waals surface area contributed by atoms with Crippen LogP contribution in [-0.2, 0) is 11.2 Å². The number of hydrogen-bond donors (Lipinski definition) is 0. The molecule has 0 amide bonds. The fourth-order valence-corrected chi connectivity index (χ4v) is 2.50. The molecule has 1 aromatic rings. The first-order chi connectivity index (χ1) is 7.75. The molecule has 0 atom stereocenters. The molecule has 0 radical (unpaired) electrons. The summed E-state index contributed by atoms with van der Waals surface area (Å²) in [6.07, 6.45) is 6.49. The van der Waals surface area contributed by atoms with Crippen LogP contribution in [0.1, 0.15) is 37.7 Å². The van der Waals surface area contributed by atoms with Gasteiger partial charge in [0.05, 0.1) is 0 Å². The van der Waals surface area contributed by atoms with Gasteiger partial charge < -0.3 is 0 Å². The van der Waals surface area contributed by atoms with E-state index in [0.717, 1.165) is 23.4 Å². The summed E-state index contributed by atoms with van der Waals surface area (Å²) in [6, 6.07) is 7.60.